The monoisotopic (exact) mass is 621 g/mol. The van der Waals surface area contributed by atoms with E-state index >= 15 is 0 Å². The zero-order valence-corrected chi connectivity index (χ0v) is 26.0. The fourth-order valence-electron chi connectivity index (χ4n) is 6.94. The van der Waals surface area contributed by atoms with Crippen LogP contribution in [-0.2, 0) is 31.2 Å². The minimum absolute atomic E-state index is 0. The minimum atomic E-state index is -3.24. The van der Waals surface area contributed by atoms with Gasteiger partial charge < -0.3 is 9.80 Å². The van der Waals surface area contributed by atoms with E-state index in [1.54, 1.807) is 28.6 Å². The Bertz CT molecular complexity index is 1460. The molecule has 1 saturated carbocycles. The number of rotatable bonds is 8. The maximum absolute atomic E-state index is 13.6. The summed E-state index contributed by atoms with van der Waals surface area (Å²) in [6, 6.07) is 17.1. The molecule has 2 aromatic rings. The number of halogens is 1. The zero-order valence-electron chi connectivity index (χ0n) is 23.5. The van der Waals surface area contributed by atoms with Crippen LogP contribution in [0, 0.1) is 11.3 Å². The average Bonchev–Trinajstić information content (AvgIpc) is 3.66. The van der Waals surface area contributed by atoms with Crippen molar-refractivity contribution in [2.75, 3.05) is 45.5 Å². The Morgan fingerprint density at radius 3 is 2.10 bits per heavy atom. The predicted molar refractivity (Wildman–Crippen MR) is 161 cm³/mol. The largest absolute Gasteiger partial charge is 0.338 e. The second-order valence-corrected chi connectivity index (χ2v) is 16.5. The Labute approximate surface area is 250 Å². The van der Waals surface area contributed by atoms with Crippen LogP contribution in [0.2, 0.25) is 0 Å². The van der Waals surface area contributed by atoms with Crippen LogP contribution in [0.5, 0.6) is 0 Å². The summed E-state index contributed by atoms with van der Waals surface area (Å²) in [5.41, 5.74) is 1.83. The van der Waals surface area contributed by atoms with Crippen LogP contribution < -0.4 is 0 Å². The van der Waals surface area contributed by atoms with Gasteiger partial charge in [0.15, 0.2) is 9.84 Å². The Kier molecular flexibility index (Phi) is 8.62. The fraction of sp³-hybridized carbons (Fsp3) is 0.567. The van der Waals surface area contributed by atoms with E-state index in [-0.39, 0.29) is 45.7 Å². The number of benzene rings is 2. The van der Waals surface area contributed by atoms with E-state index in [0.29, 0.717) is 19.6 Å². The van der Waals surface area contributed by atoms with Crippen molar-refractivity contribution in [3.8, 4) is 0 Å². The van der Waals surface area contributed by atoms with Crippen molar-refractivity contribution in [3.63, 3.8) is 0 Å². The third-order valence-electron chi connectivity index (χ3n) is 9.57. The predicted octanol–water partition coefficient (Wildman–Crippen LogP) is 3.53. The number of hydrogen-bond donors (Lipinski definition) is 0. The number of amides is 1. The maximum atomic E-state index is 13.6. The first-order valence-corrected chi connectivity index (χ1v) is 17.8. The number of sulfone groups is 1. The van der Waals surface area contributed by atoms with Crippen LogP contribution in [0.1, 0.15) is 49.1 Å². The first-order valence-electron chi connectivity index (χ1n) is 14.4. The van der Waals surface area contributed by atoms with E-state index in [1.165, 1.54) is 11.8 Å². The van der Waals surface area contributed by atoms with Gasteiger partial charge in [-0.25, -0.2) is 21.1 Å². The molecular weight excluding hydrogens is 582 g/mol. The van der Waals surface area contributed by atoms with Gasteiger partial charge in [0.05, 0.1) is 15.6 Å². The molecule has 2 aromatic carbocycles. The lowest BCUT2D eigenvalue weighted by Crippen LogP contribution is -2.46. The molecule has 3 saturated heterocycles. The second-order valence-electron chi connectivity index (χ2n) is 12.3. The minimum Gasteiger partial charge on any atom is -0.338 e. The van der Waals surface area contributed by atoms with Crippen molar-refractivity contribution < 1.29 is 21.6 Å². The molecule has 3 heterocycles. The van der Waals surface area contributed by atoms with Crippen molar-refractivity contribution >= 4 is 38.2 Å². The number of carbonyl (C=O) groups excluding carboxylic acids is 1. The number of sulfonamides is 1. The topological polar surface area (TPSA) is 95.1 Å². The third-order valence-corrected chi connectivity index (χ3v) is 13.0. The van der Waals surface area contributed by atoms with Gasteiger partial charge in [0.2, 0.25) is 15.9 Å². The lowest BCUT2D eigenvalue weighted by molar-refractivity contribution is -0.139. The Balaban J connectivity index is 0.00000337. The van der Waals surface area contributed by atoms with Crippen LogP contribution in [0.3, 0.4) is 0 Å². The fourth-order valence-corrected chi connectivity index (χ4v) is 9.50. The summed E-state index contributed by atoms with van der Waals surface area (Å²) < 4.78 is 51.4. The standard InChI is InChI=1S/C30H39N3O5S2.ClH/c1-39(35,36)26-9-7-23(8-10-26)19-32-18-15-30(29(32)34)13-16-31(17-14-30)20-25-21-33(40(37,38)27-11-12-27)22-28(25)24-5-3-2-4-6-24;/h2-10,25,27-28H,11-22H2,1H3;1H. The molecule has 0 aromatic heterocycles. The highest BCUT2D eigenvalue weighted by Gasteiger charge is 2.49. The second kappa shape index (κ2) is 11.6. The molecule has 11 heteroatoms. The molecule has 6 rings (SSSR count). The molecule has 2 unspecified atom stereocenters. The summed E-state index contributed by atoms with van der Waals surface area (Å²) in [4.78, 5) is 18.2. The summed E-state index contributed by atoms with van der Waals surface area (Å²) in [5.74, 6) is 0.628. The normalized spacial score (nSPS) is 25.5. The van der Waals surface area contributed by atoms with Crippen molar-refractivity contribution in [2.24, 2.45) is 11.3 Å². The molecule has 2 atom stereocenters. The van der Waals surface area contributed by atoms with Crippen molar-refractivity contribution in [1.29, 1.82) is 0 Å². The number of nitrogens with zero attached hydrogens (tertiary/aromatic N) is 3. The smallest absolute Gasteiger partial charge is 0.229 e. The number of piperidine rings is 1. The zero-order chi connectivity index (χ0) is 28.1. The molecule has 3 aliphatic heterocycles. The van der Waals surface area contributed by atoms with Gasteiger partial charge in [-0.15, -0.1) is 12.4 Å². The summed E-state index contributed by atoms with van der Waals surface area (Å²) >= 11 is 0. The molecule has 224 valence electrons. The van der Waals surface area contributed by atoms with Crippen LogP contribution in [-0.4, -0.2) is 87.6 Å². The molecule has 4 fully saturated rings. The van der Waals surface area contributed by atoms with Gasteiger partial charge in [-0.05, 0) is 74.4 Å². The highest BCUT2D eigenvalue weighted by molar-refractivity contribution is 7.90. The average molecular weight is 622 g/mol. The Morgan fingerprint density at radius 2 is 1.49 bits per heavy atom. The molecule has 0 bridgehead atoms. The van der Waals surface area contributed by atoms with Crippen molar-refractivity contribution in [1.82, 2.24) is 14.1 Å². The lowest BCUT2D eigenvalue weighted by Gasteiger charge is -2.39. The van der Waals surface area contributed by atoms with Crippen LogP contribution in [0.25, 0.3) is 0 Å². The van der Waals surface area contributed by atoms with Gasteiger partial charge >= 0.3 is 0 Å². The van der Waals surface area contributed by atoms with E-state index in [9.17, 15) is 21.6 Å². The third kappa shape index (κ3) is 6.22. The number of carbonyl (C=O) groups is 1. The summed E-state index contributed by atoms with van der Waals surface area (Å²) in [6.07, 6.45) is 5.26. The molecule has 4 aliphatic rings. The van der Waals surface area contributed by atoms with E-state index in [2.05, 4.69) is 17.0 Å². The molecule has 0 N–H and O–H groups in total. The van der Waals surface area contributed by atoms with Crippen LogP contribution in [0.15, 0.2) is 59.5 Å². The highest BCUT2D eigenvalue weighted by atomic mass is 35.5. The van der Waals surface area contributed by atoms with Crippen molar-refractivity contribution in [2.45, 2.75) is 54.7 Å². The maximum Gasteiger partial charge on any atom is 0.229 e. The first-order chi connectivity index (χ1) is 19.0. The van der Waals surface area contributed by atoms with Gasteiger partial charge in [-0.1, -0.05) is 42.5 Å². The molecular formula is C30H40ClN3O5S2. The number of hydrogen-bond acceptors (Lipinski definition) is 6. The number of likely N-dealkylation sites (tertiary alicyclic amines) is 2. The quantitative estimate of drug-likeness (QED) is 0.448. The Morgan fingerprint density at radius 1 is 0.854 bits per heavy atom. The molecule has 1 spiro atoms. The summed E-state index contributed by atoms with van der Waals surface area (Å²) in [5, 5.41) is -0.188. The van der Waals surface area contributed by atoms with Crippen molar-refractivity contribution in [3.05, 3.63) is 65.7 Å². The summed E-state index contributed by atoms with van der Waals surface area (Å²) in [7, 11) is -6.46. The summed E-state index contributed by atoms with van der Waals surface area (Å²) in [6.45, 7) is 4.89. The van der Waals surface area contributed by atoms with E-state index in [0.717, 1.165) is 63.8 Å². The Hall–Kier alpha value is -1.98. The van der Waals surface area contributed by atoms with Gasteiger partial charge in [-0.3, -0.25) is 4.79 Å². The van der Waals surface area contributed by atoms with E-state index < -0.39 is 19.9 Å². The molecule has 8 nitrogen and oxygen atoms in total. The first kappa shape index (κ1) is 30.5. The highest BCUT2D eigenvalue weighted by Crippen LogP contribution is 2.44. The van der Waals surface area contributed by atoms with Gasteiger partial charge in [0.1, 0.15) is 0 Å². The molecule has 1 aliphatic carbocycles. The SMILES string of the molecule is CS(=O)(=O)c1ccc(CN2CCC3(CCN(CC4CN(S(=O)(=O)C5CC5)CC4c4ccccc4)CC3)C2=O)cc1.Cl. The van der Waals surface area contributed by atoms with E-state index in [4.69, 9.17) is 0 Å². The lowest BCUT2D eigenvalue weighted by atomic mass is 9.76. The van der Waals surface area contributed by atoms with Crippen LogP contribution >= 0.6 is 12.4 Å². The molecule has 41 heavy (non-hydrogen) atoms. The van der Waals surface area contributed by atoms with Crippen LogP contribution in [0.4, 0.5) is 0 Å². The molecule has 1 amide bonds. The van der Waals surface area contributed by atoms with Gasteiger partial charge in [0.25, 0.3) is 0 Å². The van der Waals surface area contributed by atoms with Gasteiger partial charge in [-0.2, -0.15) is 0 Å². The van der Waals surface area contributed by atoms with Gasteiger partial charge in [0, 0.05) is 44.9 Å². The van der Waals surface area contributed by atoms with E-state index in [1.807, 2.05) is 23.1 Å². The molecule has 0 radical (unpaired) electrons.